The summed E-state index contributed by atoms with van der Waals surface area (Å²) in [6.07, 6.45) is 11.2. The Morgan fingerprint density at radius 1 is 1.25 bits per heavy atom. The zero-order chi connectivity index (χ0) is 11.9. The third kappa shape index (κ3) is 4.88. The van der Waals surface area contributed by atoms with E-state index in [4.69, 9.17) is 11.6 Å². The average Bonchev–Trinajstić information content (AvgIpc) is 2.65. The highest BCUT2D eigenvalue weighted by Gasteiger charge is 2.33. The molecule has 0 atom stereocenters. The molecule has 0 heterocycles. The van der Waals surface area contributed by atoms with Crippen LogP contribution < -0.4 is 5.32 Å². The zero-order valence-electron chi connectivity index (χ0n) is 10.8. The molecule has 0 bridgehead atoms. The van der Waals surface area contributed by atoms with Gasteiger partial charge < -0.3 is 5.32 Å². The van der Waals surface area contributed by atoms with E-state index in [0.29, 0.717) is 11.3 Å². The van der Waals surface area contributed by atoms with Crippen molar-refractivity contribution in [3.63, 3.8) is 0 Å². The third-order valence-corrected chi connectivity index (χ3v) is 3.70. The Labute approximate surface area is 106 Å². The first-order valence-electron chi connectivity index (χ1n) is 6.60. The normalized spacial score (nSPS) is 20.0. The first kappa shape index (κ1) is 14.1. The van der Waals surface area contributed by atoms with Gasteiger partial charge in [0.2, 0.25) is 0 Å². The van der Waals surface area contributed by atoms with Crippen LogP contribution in [0, 0.1) is 11.3 Å². The van der Waals surface area contributed by atoms with Crippen LogP contribution in [-0.4, -0.2) is 19.0 Å². The smallest absolute Gasteiger partial charge is 0.0404 e. The summed E-state index contributed by atoms with van der Waals surface area (Å²) in [6.45, 7) is 6.82. The number of allylic oxidation sites excluding steroid dienone is 1. The maximum atomic E-state index is 5.59. The van der Waals surface area contributed by atoms with E-state index in [9.17, 15) is 0 Å². The molecule has 0 aromatic heterocycles. The fourth-order valence-corrected chi connectivity index (χ4v) is 3.14. The van der Waals surface area contributed by atoms with Crippen molar-refractivity contribution in [2.24, 2.45) is 11.3 Å². The van der Waals surface area contributed by atoms with Crippen molar-refractivity contribution in [2.45, 2.75) is 46.0 Å². The van der Waals surface area contributed by atoms with E-state index >= 15 is 0 Å². The fraction of sp³-hybridized carbons (Fsp3) is 0.857. The van der Waals surface area contributed by atoms with Crippen molar-refractivity contribution in [3.05, 3.63) is 12.2 Å². The molecule has 1 aliphatic carbocycles. The molecule has 1 aliphatic rings. The molecule has 0 spiro atoms. The number of halogens is 1. The van der Waals surface area contributed by atoms with Crippen molar-refractivity contribution in [1.29, 1.82) is 0 Å². The lowest BCUT2D eigenvalue weighted by Gasteiger charge is -2.31. The highest BCUT2D eigenvalue weighted by atomic mass is 35.5. The predicted molar refractivity (Wildman–Crippen MR) is 73.1 cm³/mol. The fourth-order valence-electron chi connectivity index (χ4n) is 3.01. The minimum Gasteiger partial charge on any atom is -0.313 e. The minimum atomic E-state index is 0.586. The van der Waals surface area contributed by atoms with Crippen molar-refractivity contribution < 1.29 is 0 Å². The Morgan fingerprint density at radius 3 is 2.50 bits per heavy atom. The second-order valence-electron chi connectivity index (χ2n) is 5.56. The molecule has 0 amide bonds. The van der Waals surface area contributed by atoms with Gasteiger partial charge >= 0.3 is 0 Å². The van der Waals surface area contributed by atoms with E-state index in [2.05, 4.69) is 25.2 Å². The molecule has 1 N–H and O–H groups in total. The van der Waals surface area contributed by atoms with E-state index in [1.807, 2.05) is 6.08 Å². The van der Waals surface area contributed by atoms with E-state index in [1.165, 1.54) is 38.6 Å². The number of hydrogen-bond acceptors (Lipinski definition) is 1. The molecule has 0 saturated heterocycles. The number of rotatable bonds is 7. The SMILES string of the molecule is CC(C)CC1(CNC/C=C/CCl)CCCC1. The molecule has 1 fully saturated rings. The summed E-state index contributed by atoms with van der Waals surface area (Å²) < 4.78 is 0. The van der Waals surface area contributed by atoms with Crippen LogP contribution in [0.25, 0.3) is 0 Å². The van der Waals surface area contributed by atoms with Crippen LogP contribution in [0.1, 0.15) is 46.0 Å². The molecular weight excluding hydrogens is 218 g/mol. The summed E-state index contributed by atoms with van der Waals surface area (Å²) >= 11 is 5.59. The van der Waals surface area contributed by atoms with Crippen LogP contribution in [-0.2, 0) is 0 Å². The first-order chi connectivity index (χ1) is 7.68. The van der Waals surface area contributed by atoms with Gasteiger partial charge in [0.1, 0.15) is 0 Å². The highest BCUT2D eigenvalue weighted by molar-refractivity contribution is 6.18. The van der Waals surface area contributed by atoms with Gasteiger partial charge in [-0.2, -0.15) is 0 Å². The lowest BCUT2D eigenvalue weighted by molar-refractivity contribution is 0.227. The van der Waals surface area contributed by atoms with Crippen molar-refractivity contribution in [3.8, 4) is 0 Å². The Balaban J connectivity index is 2.30. The molecule has 0 aliphatic heterocycles. The van der Waals surface area contributed by atoms with Gasteiger partial charge in [0.05, 0.1) is 0 Å². The Kier molecular flexibility index (Phi) is 6.45. The topological polar surface area (TPSA) is 12.0 Å². The minimum absolute atomic E-state index is 0.586. The van der Waals surface area contributed by atoms with Gasteiger partial charge in [0.15, 0.2) is 0 Å². The van der Waals surface area contributed by atoms with Gasteiger partial charge in [-0.1, -0.05) is 38.8 Å². The third-order valence-electron chi connectivity index (χ3n) is 3.52. The molecule has 0 aromatic rings. The summed E-state index contributed by atoms with van der Waals surface area (Å²) in [5, 5.41) is 3.56. The maximum absolute atomic E-state index is 5.59. The molecule has 16 heavy (non-hydrogen) atoms. The molecule has 0 unspecified atom stereocenters. The van der Waals surface area contributed by atoms with Gasteiger partial charge in [-0.3, -0.25) is 0 Å². The van der Waals surface area contributed by atoms with Gasteiger partial charge in [-0.05, 0) is 30.6 Å². The van der Waals surface area contributed by atoms with Crippen LogP contribution in [0.5, 0.6) is 0 Å². The monoisotopic (exact) mass is 243 g/mol. The summed E-state index contributed by atoms with van der Waals surface area (Å²) in [5.74, 6) is 1.44. The Morgan fingerprint density at radius 2 is 1.94 bits per heavy atom. The van der Waals surface area contributed by atoms with Crippen LogP contribution >= 0.6 is 11.6 Å². The first-order valence-corrected chi connectivity index (χ1v) is 7.14. The van der Waals surface area contributed by atoms with Crippen LogP contribution in [0.15, 0.2) is 12.2 Å². The van der Waals surface area contributed by atoms with Crippen molar-refractivity contribution in [2.75, 3.05) is 19.0 Å². The predicted octanol–water partition coefficient (Wildman–Crippen LogP) is 3.98. The van der Waals surface area contributed by atoms with Crippen LogP contribution in [0.4, 0.5) is 0 Å². The highest BCUT2D eigenvalue weighted by Crippen LogP contribution is 2.42. The summed E-state index contributed by atoms with van der Waals surface area (Å²) in [5.41, 5.74) is 0.586. The summed E-state index contributed by atoms with van der Waals surface area (Å²) in [7, 11) is 0. The van der Waals surface area contributed by atoms with Gasteiger partial charge in [-0.15, -0.1) is 11.6 Å². The van der Waals surface area contributed by atoms with Gasteiger partial charge in [0, 0.05) is 19.0 Å². The average molecular weight is 244 g/mol. The van der Waals surface area contributed by atoms with Gasteiger partial charge in [-0.25, -0.2) is 0 Å². The van der Waals surface area contributed by atoms with Crippen LogP contribution in [0.3, 0.4) is 0 Å². The molecular formula is C14H26ClN. The zero-order valence-corrected chi connectivity index (χ0v) is 11.5. The molecule has 1 nitrogen and oxygen atoms in total. The second-order valence-corrected chi connectivity index (χ2v) is 5.87. The van der Waals surface area contributed by atoms with E-state index in [1.54, 1.807) is 0 Å². The molecule has 0 radical (unpaired) electrons. The Bertz CT molecular complexity index is 205. The summed E-state index contributed by atoms with van der Waals surface area (Å²) in [6, 6.07) is 0. The quantitative estimate of drug-likeness (QED) is 0.405. The van der Waals surface area contributed by atoms with E-state index in [-0.39, 0.29) is 0 Å². The number of nitrogens with one attached hydrogen (secondary N) is 1. The molecule has 94 valence electrons. The maximum Gasteiger partial charge on any atom is 0.0404 e. The van der Waals surface area contributed by atoms with Crippen LogP contribution in [0.2, 0.25) is 0 Å². The van der Waals surface area contributed by atoms with Gasteiger partial charge in [0.25, 0.3) is 0 Å². The van der Waals surface area contributed by atoms with E-state index < -0.39 is 0 Å². The molecule has 1 rings (SSSR count). The summed E-state index contributed by atoms with van der Waals surface area (Å²) in [4.78, 5) is 0. The lowest BCUT2D eigenvalue weighted by atomic mass is 9.78. The number of hydrogen-bond donors (Lipinski definition) is 1. The molecule has 1 saturated carbocycles. The Hall–Kier alpha value is -0.0100. The largest absolute Gasteiger partial charge is 0.313 e. The van der Waals surface area contributed by atoms with Crippen molar-refractivity contribution >= 4 is 11.6 Å². The molecule has 0 aromatic carbocycles. The standard InChI is InChI=1S/C14H26ClN/c1-13(2)11-14(7-3-4-8-14)12-16-10-6-5-9-15/h5-6,13,16H,3-4,7-12H2,1-2H3/b6-5+. The van der Waals surface area contributed by atoms with E-state index in [0.717, 1.165) is 12.5 Å². The lowest BCUT2D eigenvalue weighted by Crippen LogP contribution is -2.33. The second kappa shape index (κ2) is 7.34. The van der Waals surface area contributed by atoms with Crippen molar-refractivity contribution in [1.82, 2.24) is 5.32 Å². The number of alkyl halides is 1. The molecule has 2 heteroatoms.